The quantitative estimate of drug-likeness (QED) is 0.739. The SMILES string of the molecule is COc1ccc2c(c1)OC(c1cc(OC)c(OC)c(OC)c1)C(C=O)=C2. The Balaban J connectivity index is 2.10. The predicted octanol–water partition coefficient (Wildman–Crippen LogP) is 3.44. The van der Waals surface area contributed by atoms with Gasteiger partial charge in [0.25, 0.3) is 0 Å². The topological polar surface area (TPSA) is 63.2 Å². The van der Waals surface area contributed by atoms with Gasteiger partial charge in [-0.3, -0.25) is 4.79 Å². The summed E-state index contributed by atoms with van der Waals surface area (Å²) in [5.41, 5.74) is 2.03. The third-order valence-corrected chi connectivity index (χ3v) is 4.22. The molecule has 0 fully saturated rings. The largest absolute Gasteiger partial charge is 0.497 e. The highest BCUT2D eigenvalue weighted by Gasteiger charge is 2.27. The van der Waals surface area contributed by atoms with Crippen molar-refractivity contribution < 1.29 is 28.5 Å². The summed E-state index contributed by atoms with van der Waals surface area (Å²) in [6.07, 6.45) is 2.00. The number of benzene rings is 2. The van der Waals surface area contributed by atoms with Gasteiger partial charge in [0, 0.05) is 22.8 Å². The highest BCUT2D eigenvalue weighted by Crippen LogP contribution is 2.44. The van der Waals surface area contributed by atoms with Crippen LogP contribution in [0.5, 0.6) is 28.7 Å². The molecular formula is C20H20O6. The molecule has 3 rings (SSSR count). The molecule has 136 valence electrons. The van der Waals surface area contributed by atoms with Crippen molar-refractivity contribution in [3.8, 4) is 28.7 Å². The minimum Gasteiger partial charge on any atom is -0.497 e. The highest BCUT2D eigenvalue weighted by atomic mass is 16.5. The van der Waals surface area contributed by atoms with E-state index in [2.05, 4.69) is 0 Å². The van der Waals surface area contributed by atoms with Crippen LogP contribution in [0.4, 0.5) is 0 Å². The zero-order valence-electron chi connectivity index (χ0n) is 15.1. The molecule has 26 heavy (non-hydrogen) atoms. The molecule has 0 aliphatic carbocycles. The third kappa shape index (κ3) is 3.06. The van der Waals surface area contributed by atoms with Gasteiger partial charge >= 0.3 is 0 Å². The molecule has 0 N–H and O–H groups in total. The highest BCUT2D eigenvalue weighted by molar-refractivity contribution is 5.86. The Labute approximate surface area is 151 Å². The fourth-order valence-electron chi connectivity index (χ4n) is 2.92. The van der Waals surface area contributed by atoms with Gasteiger partial charge in [0.1, 0.15) is 17.8 Å². The van der Waals surface area contributed by atoms with Crippen LogP contribution in [0.25, 0.3) is 6.08 Å². The zero-order valence-corrected chi connectivity index (χ0v) is 15.1. The Morgan fingerprint density at radius 3 is 2.15 bits per heavy atom. The molecular weight excluding hydrogens is 336 g/mol. The molecule has 1 heterocycles. The van der Waals surface area contributed by atoms with Crippen LogP contribution in [0.1, 0.15) is 17.2 Å². The standard InChI is InChI=1S/C20H20O6/c1-22-15-6-5-12-7-14(11-21)19(26-16(12)10-15)13-8-17(23-2)20(25-4)18(9-13)24-3/h5-11,19H,1-4H3. The van der Waals surface area contributed by atoms with Crippen molar-refractivity contribution in [3.05, 3.63) is 47.0 Å². The first kappa shape index (κ1) is 17.7. The van der Waals surface area contributed by atoms with Gasteiger partial charge < -0.3 is 23.7 Å². The van der Waals surface area contributed by atoms with E-state index < -0.39 is 6.10 Å². The van der Waals surface area contributed by atoms with Crippen molar-refractivity contribution in [1.29, 1.82) is 0 Å². The van der Waals surface area contributed by atoms with Gasteiger partial charge in [-0.1, -0.05) is 0 Å². The van der Waals surface area contributed by atoms with Crippen molar-refractivity contribution in [2.45, 2.75) is 6.10 Å². The summed E-state index contributed by atoms with van der Waals surface area (Å²) in [5, 5.41) is 0. The maximum absolute atomic E-state index is 11.6. The normalized spacial score (nSPS) is 15.2. The van der Waals surface area contributed by atoms with E-state index in [1.165, 1.54) is 7.11 Å². The summed E-state index contributed by atoms with van der Waals surface area (Å²) in [6.45, 7) is 0. The Morgan fingerprint density at radius 2 is 1.62 bits per heavy atom. The minimum atomic E-state index is -0.596. The van der Waals surface area contributed by atoms with Crippen LogP contribution >= 0.6 is 0 Å². The van der Waals surface area contributed by atoms with Crippen LogP contribution in [0.3, 0.4) is 0 Å². The van der Waals surface area contributed by atoms with Gasteiger partial charge in [-0.25, -0.2) is 0 Å². The first-order valence-electron chi connectivity index (χ1n) is 7.96. The van der Waals surface area contributed by atoms with E-state index in [0.29, 0.717) is 39.9 Å². The summed E-state index contributed by atoms with van der Waals surface area (Å²) >= 11 is 0. The molecule has 6 heteroatoms. The second-order valence-electron chi connectivity index (χ2n) is 5.62. The average Bonchev–Trinajstić information content (AvgIpc) is 2.70. The Kier molecular flexibility index (Phi) is 5.02. The number of rotatable bonds is 6. The first-order chi connectivity index (χ1) is 12.6. The van der Waals surface area contributed by atoms with E-state index >= 15 is 0 Å². The lowest BCUT2D eigenvalue weighted by molar-refractivity contribution is -0.105. The molecule has 1 aliphatic rings. The van der Waals surface area contributed by atoms with Crippen LogP contribution in [0.2, 0.25) is 0 Å². The molecule has 0 amide bonds. The van der Waals surface area contributed by atoms with Gasteiger partial charge in [0.2, 0.25) is 5.75 Å². The molecule has 0 saturated heterocycles. The van der Waals surface area contributed by atoms with Gasteiger partial charge in [-0.2, -0.15) is 0 Å². The van der Waals surface area contributed by atoms with E-state index in [1.807, 2.05) is 12.1 Å². The van der Waals surface area contributed by atoms with Crippen LogP contribution in [-0.2, 0) is 4.79 Å². The fraction of sp³-hybridized carbons (Fsp3) is 0.250. The predicted molar refractivity (Wildman–Crippen MR) is 96.5 cm³/mol. The number of hydrogen-bond acceptors (Lipinski definition) is 6. The fourth-order valence-corrected chi connectivity index (χ4v) is 2.92. The molecule has 0 spiro atoms. The second-order valence-corrected chi connectivity index (χ2v) is 5.62. The lowest BCUT2D eigenvalue weighted by Crippen LogP contribution is -2.16. The van der Waals surface area contributed by atoms with Crippen molar-refractivity contribution >= 4 is 12.4 Å². The maximum Gasteiger partial charge on any atom is 0.203 e. The number of carbonyl (C=O) groups excluding carboxylic acids is 1. The van der Waals surface area contributed by atoms with Crippen LogP contribution < -0.4 is 23.7 Å². The molecule has 0 aromatic heterocycles. The van der Waals surface area contributed by atoms with E-state index in [1.54, 1.807) is 45.6 Å². The van der Waals surface area contributed by atoms with Crippen LogP contribution in [0, 0.1) is 0 Å². The molecule has 6 nitrogen and oxygen atoms in total. The number of fused-ring (bicyclic) bond motifs is 1. The number of carbonyl (C=O) groups is 1. The van der Waals surface area contributed by atoms with E-state index in [-0.39, 0.29) is 0 Å². The summed E-state index contributed by atoms with van der Waals surface area (Å²) in [4.78, 5) is 11.6. The summed E-state index contributed by atoms with van der Waals surface area (Å²) in [5.74, 6) is 2.77. The molecule has 0 saturated carbocycles. The minimum absolute atomic E-state index is 0.480. The summed E-state index contributed by atoms with van der Waals surface area (Å²) in [6, 6.07) is 9.01. The van der Waals surface area contributed by atoms with Gasteiger partial charge in [-0.15, -0.1) is 0 Å². The molecule has 2 aromatic carbocycles. The molecule has 1 atom stereocenters. The summed E-state index contributed by atoms with van der Waals surface area (Å²) < 4.78 is 27.5. The number of aldehydes is 1. The van der Waals surface area contributed by atoms with Gasteiger partial charge in [0.05, 0.1) is 28.4 Å². The molecule has 2 aromatic rings. The van der Waals surface area contributed by atoms with Crippen molar-refractivity contribution in [1.82, 2.24) is 0 Å². The number of hydrogen-bond donors (Lipinski definition) is 0. The monoisotopic (exact) mass is 356 g/mol. The third-order valence-electron chi connectivity index (χ3n) is 4.22. The number of ether oxygens (including phenoxy) is 5. The molecule has 0 bridgehead atoms. The van der Waals surface area contributed by atoms with Crippen LogP contribution in [0.15, 0.2) is 35.9 Å². The lowest BCUT2D eigenvalue weighted by atomic mass is 9.96. The summed E-state index contributed by atoms with van der Waals surface area (Å²) in [7, 11) is 6.21. The smallest absolute Gasteiger partial charge is 0.203 e. The second kappa shape index (κ2) is 7.39. The van der Waals surface area contributed by atoms with Crippen molar-refractivity contribution in [2.24, 2.45) is 0 Å². The number of methoxy groups -OCH3 is 4. The van der Waals surface area contributed by atoms with E-state index in [9.17, 15) is 4.79 Å². The van der Waals surface area contributed by atoms with Gasteiger partial charge in [0.15, 0.2) is 17.6 Å². The Morgan fingerprint density at radius 1 is 0.923 bits per heavy atom. The average molecular weight is 356 g/mol. The molecule has 1 aliphatic heterocycles. The van der Waals surface area contributed by atoms with Crippen molar-refractivity contribution in [2.75, 3.05) is 28.4 Å². The molecule has 1 unspecified atom stereocenters. The molecule has 0 radical (unpaired) electrons. The van der Waals surface area contributed by atoms with E-state index in [4.69, 9.17) is 23.7 Å². The zero-order chi connectivity index (χ0) is 18.7. The maximum atomic E-state index is 11.6. The van der Waals surface area contributed by atoms with Crippen molar-refractivity contribution in [3.63, 3.8) is 0 Å². The Bertz CT molecular complexity index is 830. The lowest BCUT2D eigenvalue weighted by Gasteiger charge is -2.26. The first-order valence-corrected chi connectivity index (χ1v) is 7.96. The van der Waals surface area contributed by atoms with Gasteiger partial charge in [-0.05, 0) is 30.3 Å². The Hall–Kier alpha value is -3.15. The van der Waals surface area contributed by atoms with Crippen LogP contribution in [-0.4, -0.2) is 34.7 Å². The van der Waals surface area contributed by atoms with E-state index in [0.717, 1.165) is 11.8 Å².